The van der Waals surface area contributed by atoms with E-state index in [1.807, 2.05) is 55.5 Å². The van der Waals surface area contributed by atoms with Gasteiger partial charge < -0.3 is 5.32 Å². The first-order chi connectivity index (χ1) is 14.6. The fourth-order valence-electron chi connectivity index (χ4n) is 3.51. The predicted octanol–water partition coefficient (Wildman–Crippen LogP) is 4.65. The monoisotopic (exact) mass is 416 g/mol. The number of rotatable bonds is 4. The number of aromatic amines is 2. The topological polar surface area (TPSA) is 99.4 Å². The summed E-state index contributed by atoms with van der Waals surface area (Å²) in [6, 6.07) is 15.2. The Morgan fingerprint density at radius 3 is 2.60 bits per heavy atom. The van der Waals surface area contributed by atoms with Gasteiger partial charge in [0.15, 0.2) is 0 Å². The molecule has 5 rings (SSSR count). The van der Waals surface area contributed by atoms with Crippen molar-refractivity contribution in [3.8, 4) is 11.3 Å². The Bertz CT molecular complexity index is 1360. The maximum absolute atomic E-state index is 12.7. The van der Waals surface area contributed by atoms with Gasteiger partial charge in [-0.25, -0.2) is 9.97 Å². The predicted molar refractivity (Wildman–Crippen MR) is 116 cm³/mol. The summed E-state index contributed by atoms with van der Waals surface area (Å²) < 4.78 is 0. The van der Waals surface area contributed by atoms with Crippen molar-refractivity contribution in [2.45, 2.75) is 13.0 Å². The molecule has 0 aliphatic heterocycles. The van der Waals surface area contributed by atoms with E-state index in [1.165, 1.54) is 0 Å². The van der Waals surface area contributed by atoms with E-state index in [1.54, 1.807) is 12.4 Å². The summed E-state index contributed by atoms with van der Waals surface area (Å²) in [5.41, 5.74) is 4.58. The maximum atomic E-state index is 12.7. The normalized spacial score (nSPS) is 12.3. The summed E-state index contributed by atoms with van der Waals surface area (Å²) in [4.78, 5) is 25.6. The molecule has 3 N–H and O–H groups in total. The molecule has 0 bridgehead atoms. The molecule has 3 aromatic heterocycles. The number of benzene rings is 2. The lowest BCUT2D eigenvalue weighted by Gasteiger charge is -2.12. The first kappa shape index (κ1) is 18.3. The zero-order valence-electron chi connectivity index (χ0n) is 16.0. The zero-order valence-corrected chi connectivity index (χ0v) is 16.7. The summed E-state index contributed by atoms with van der Waals surface area (Å²) in [5.74, 6) is -0.250. The van der Waals surface area contributed by atoms with Gasteiger partial charge in [-0.2, -0.15) is 0 Å². The second-order valence-electron chi connectivity index (χ2n) is 6.99. The minimum absolute atomic E-state index is 0.0942. The van der Waals surface area contributed by atoms with Crippen LogP contribution in [0, 0.1) is 0 Å². The Labute approximate surface area is 176 Å². The van der Waals surface area contributed by atoms with Gasteiger partial charge in [-0.05, 0) is 30.7 Å². The molecule has 8 heteroatoms. The maximum Gasteiger partial charge on any atom is 0.289 e. The first-order valence-electron chi connectivity index (χ1n) is 9.44. The van der Waals surface area contributed by atoms with E-state index in [4.69, 9.17) is 11.6 Å². The van der Waals surface area contributed by atoms with Crippen molar-refractivity contribution >= 4 is 39.4 Å². The van der Waals surface area contributed by atoms with Crippen LogP contribution in [-0.4, -0.2) is 31.1 Å². The van der Waals surface area contributed by atoms with Crippen molar-refractivity contribution < 1.29 is 4.79 Å². The van der Waals surface area contributed by atoms with Gasteiger partial charge in [-0.3, -0.25) is 20.0 Å². The van der Waals surface area contributed by atoms with Crippen molar-refractivity contribution in [1.29, 1.82) is 0 Å². The van der Waals surface area contributed by atoms with Crippen molar-refractivity contribution in [3.63, 3.8) is 0 Å². The highest BCUT2D eigenvalue weighted by Gasteiger charge is 2.20. The summed E-state index contributed by atoms with van der Waals surface area (Å²) in [5, 5.41) is 10.5. The molecule has 5 aromatic rings. The second kappa shape index (κ2) is 7.27. The number of aromatic nitrogens is 5. The number of carbonyl (C=O) groups excluding carboxylic acids is 1. The van der Waals surface area contributed by atoms with Gasteiger partial charge in [0.2, 0.25) is 5.82 Å². The standard InChI is InChI=1S/C22H17ClN6O/c1-12(13-5-3-2-4-6-13)25-22(30)21-26-16-11-15-18(14-7-9-24-10-8-14)28-29-19(15)17(23)20(16)27-21/h2-12,28-29H,1H3,(H,25,30)/t12-/m1/s1. The van der Waals surface area contributed by atoms with E-state index in [-0.39, 0.29) is 17.8 Å². The number of nitrogens with zero attached hydrogens (tertiary/aromatic N) is 3. The van der Waals surface area contributed by atoms with Crippen LogP contribution in [-0.2, 0) is 0 Å². The van der Waals surface area contributed by atoms with Crippen LogP contribution in [0.3, 0.4) is 0 Å². The highest BCUT2D eigenvalue weighted by atomic mass is 35.5. The number of hydrogen-bond donors (Lipinski definition) is 3. The van der Waals surface area contributed by atoms with Crippen molar-refractivity contribution in [1.82, 2.24) is 30.5 Å². The third-order valence-corrected chi connectivity index (χ3v) is 5.43. The molecule has 0 radical (unpaired) electrons. The SMILES string of the molecule is C[C@@H](NC(=O)c1nc2cc3c(-c4ccncc4)[nH][nH]c3c(Cl)c2n1)c1ccccc1. The van der Waals surface area contributed by atoms with Gasteiger partial charge in [-0.15, -0.1) is 0 Å². The van der Waals surface area contributed by atoms with Crippen LogP contribution in [0.25, 0.3) is 33.2 Å². The number of pyridine rings is 1. The van der Waals surface area contributed by atoms with Gasteiger partial charge in [0.1, 0.15) is 5.52 Å². The Hall–Kier alpha value is -3.71. The van der Waals surface area contributed by atoms with Crippen LogP contribution < -0.4 is 5.32 Å². The van der Waals surface area contributed by atoms with Crippen LogP contribution >= 0.6 is 11.6 Å². The number of H-pyrrole nitrogens is 2. The number of halogens is 1. The molecular weight excluding hydrogens is 400 g/mol. The molecule has 0 spiro atoms. The molecule has 3 heterocycles. The molecule has 0 saturated carbocycles. The number of nitrogens with one attached hydrogen (secondary N) is 3. The number of carbonyl (C=O) groups is 1. The van der Waals surface area contributed by atoms with Crippen LogP contribution in [0.2, 0.25) is 5.02 Å². The largest absolute Gasteiger partial charge is 0.343 e. The Morgan fingerprint density at radius 2 is 1.83 bits per heavy atom. The molecule has 0 unspecified atom stereocenters. The third kappa shape index (κ3) is 3.09. The average Bonchev–Trinajstić information content (AvgIpc) is 3.40. The van der Waals surface area contributed by atoms with E-state index >= 15 is 0 Å². The van der Waals surface area contributed by atoms with Gasteiger partial charge in [0.05, 0.1) is 27.8 Å². The van der Waals surface area contributed by atoms with Crippen molar-refractivity contribution in [2.24, 2.45) is 0 Å². The number of imidazole rings is 1. The number of amides is 1. The first-order valence-corrected chi connectivity index (χ1v) is 9.82. The second-order valence-corrected chi connectivity index (χ2v) is 7.37. The Morgan fingerprint density at radius 1 is 1.07 bits per heavy atom. The highest BCUT2D eigenvalue weighted by Crippen LogP contribution is 2.35. The fraction of sp³-hybridized carbons (Fsp3) is 0.0909. The molecule has 7 nitrogen and oxygen atoms in total. The number of fused-ring (bicyclic) bond motifs is 2. The molecule has 0 aliphatic rings. The third-order valence-electron chi connectivity index (χ3n) is 5.07. The lowest BCUT2D eigenvalue weighted by Crippen LogP contribution is -2.27. The van der Waals surface area contributed by atoms with Crippen LogP contribution in [0.1, 0.15) is 29.1 Å². The Balaban J connectivity index is 1.52. The molecule has 1 amide bonds. The van der Waals surface area contributed by atoms with Gasteiger partial charge in [0, 0.05) is 23.3 Å². The molecule has 0 fully saturated rings. The lowest BCUT2D eigenvalue weighted by molar-refractivity contribution is 0.0930. The highest BCUT2D eigenvalue weighted by molar-refractivity contribution is 6.40. The summed E-state index contributed by atoms with van der Waals surface area (Å²) in [7, 11) is 0. The molecule has 1 atom stereocenters. The fourth-order valence-corrected chi connectivity index (χ4v) is 3.80. The van der Waals surface area contributed by atoms with E-state index in [0.29, 0.717) is 21.6 Å². The Kier molecular flexibility index (Phi) is 4.44. The smallest absolute Gasteiger partial charge is 0.289 e. The van der Waals surface area contributed by atoms with Crippen LogP contribution in [0.5, 0.6) is 0 Å². The van der Waals surface area contributed by atoms with Crippen LogP contribution in [0.15, 0.2) is 60.9 Å². The average molecular weight is 417 g/mol. The lowest BCUT2D eigenvalue weighted by atomic mass is 10.1. The van der Waals surface area contributed by atoms with Gasteiger partial charge in [-0.1, -0.05) is 41.9 Å². The van der Waals surface area contributed by atoms with Crippen LogP contribution in [0.4, 0.5) is 0 Å². The van der Waals surface area contributed by atoms with E-state index in [0.717, 1.165) is 22.2 Å². The summed E-state index contributed by atoms with van der Waals surface area (Å²) >= 11 is 6.60. The molecule has 0 saturated heterocycles. The number of hydrogen-bond acceptors (Lipinski definition) is 4. The summed E-state index contributed by atoms with van der Waals surface area (Å²) in [6.07, 6.45) is 3.45. The molecule has 30 heavy (non-hydrogen) atoms. The van der Waals surface area contributed by atoms with Gasteiger partial charge in [0.25, 0.3) is 5.91 Å². The van der Waals surface area contributed by atoms with E-state index < -0.39 is 0 Å². The minimum Gasteiger partial charge on any atom is -0.343 e. The quantitative estimate of drug-likeness (QED) is 0.397. The van der Waals surface area contributed by atoms with E-state index in [9.17, 15) is 4.79 Å². The van der Waals surface area contributed by atoms with Crippen molar-refractivity contribution in [3.05, 3.63) is 77.3 Å². The van der Waals surface area contributed by atoms with Gasteiger partial charge >= 0.3 is 0 Å². The summed E-state index contributed by atoms with van der Waals surface area (Å²) in [6.45, 7) is 1.92. The zero-order chi connectivity index (χ0) is 20.7. The molecule has 2 aromatic carbocycles. The van der Waals surface area contributed by atoms with E-state index in [2.05, 4.69) is 30.5 Å². The molecular formula is C22H17ClN6O. The molecule has 148 valence electrons. The minimum atomic E-state index is -0.344. The molecule has 0 aliphatic carbocycles. The van der Waals surface area contributed by atoms with Crippen molar-refractivity contribution in [2.75, 3.05) is 0 Å².